The summed E-state index contributed by atoms with van der Waals surface area (Å²) >= 11 is 1.64. The number of benzene rings is 2. The molecular formula is C22H20N4OS. The molecule has 1 aromatic heterocycles. The maximum atomic E-state index is 12.3. The Bertz CT molecular complexity index is 1040. The number of fused-ring (bicyclic) bond motifs is 1. The monoisotopic (exact) mass is 388 g/mol. The number of amides is 1. The van der Waals surface area contributed by atoms with Gasteiger partial charge in [0.15, 0.2) is 5.13 Å². The molecule has 2 aliphatic heterocycles. The SMILES string of the molecule is O=C1Nc2ccccc2/C1=C\c1cnc(N2CCN(c3ccccc3)CC2)s1. The van der Waals surface area contributed by atoms with Crippen molar-refractivity contribution in [1.29, 1.82) is 0 Å². The van der Waals surface area contributed by atoms with E-state index in [-0.39, 0.29) is 5.91 Å². The zero-order valence-electron chi connectivity index (χ0n) is 15.3. The van der Waals surface area contributed by atoms with Crippen LogP contribution in [0.15, 0.2) is 60.8 Å². The van der Waals surface area contributed by atoms with E-state index in [4.69, 9.17) is 0 Å². The second-order valence-corrected chi connectivity index (χ2v) is 7.95. The molecule has 1 saturated heterocycles. The summed E-state index contributed by atoms with van der Waals surface area (Å²) in [4.78, 5) is 22.7. The van der Waals surface area contributed by atoms with Gasteiger partial charge in [-0.15, -0.1) is 0 Å². The van der Waals surface area contributed by atoms with Gasteiger partial charge in [0.25, 0.3) is 5.91 Å². The van der Waals surface area contributed by atoms with Crippen LogP contribution in [-0.2, 0) is 4.79 Å². The van der Waals surface area contributed by atoms with Gasteiger partial charge in [0.05, 0.1) is 5.57 Å². The Kier molecular flexibility index (Phi) is 4.33. The number of rotatable bonds is 3. The average Bonchev–Trinajstić information content (AvgIpc) is 3.34. The minimum Gasteiger partial charge on any atom is -0.368 e. The lowest BCUT2D eigenvalue weighted by atomic mass is 10.1. The van der Waals surface area contributed by atoms with Crippen molar-refractivity contribution in [2.24, 2.45) is 0 Å². The molecule has 28 heavy (non-hydrogen) atoms. The Balaban J connectivity index is 1.31. The standard InChI is InChI=1S/C22H20N4OS/c27-21-19(18-8-4-5-9-20(18)24-21)14-17-15-23-22(28-17)26-12-10-25(11-13-26)16-6-2-1-3-7-16/h1-9,14-15H,10-13H2,(H,24,27)/b19-14+. The first kappa shape index (κ1) is 17.0. The number of nitrogens with zero attached hydrogens (tertiary/aromatic N) is 3. The van der Waals surface area contributed by atoms with E-state index >= 15 is 0 Å². The predicted molar refractivity (Wildman–Crippen MR) is 116 cm³/mol. The van der Waals surface area contributed by atoms with Crippen LogP contribution in [0.4, 0.5) is 16.5 Å². The van der Waals surface area contributed by atoms with Crippen LogP contribution < -0.4 is 15.1 Å². The van der Waals surface area contributed by atoms with E-state index in [1.165, 1.54) is 5.69 Å². The van der Waals surface area contributed by atoms with Crippen molar-refractivity contribution in [2.75, 3.05) is 41.3 Å². The second-order valence-electron chi connectivity index (χ2n) is 6.91. The van der Waals surface area contributed by atoms with Crippen molar-refractivity contribution < 1.29 is 4.79 Å². The van der Waals surface area contributed by atoms with E-state index in [0.717, 1.165) is 47.4 Å². The number of aromatic nitrogens is 1. The van der Waals surface area contributed by atoms with Crippen molar-refractivity contribution >= 4 is 45.4 Å². The highest BCUT2D eigenvalue weighted by Gasteiger charge is 2.24. The Morgan fingerprint density at radius 3 is 2.46 bits per heavy atom. The molecule has 0 aliphatic carbocycles. The molecule has 2 aromatic carbocycles. The first-order valence-electron chi connectivity index (χ1n) is 9.41. The van der Waals surface area contributed by atoms with E-state index in [1.807, 2.05) is 42.6 Å². The van der Waals surface area contributed by atoms with Gasteiger partial charge >= 0.3 is 0 Å². The largest absolute Gasteiger partial charge is 0.368 e. The van der Waals surface area contributed by atoms with Crippen LogP contribution in [0.1, 0.15) is 10.4 Å². The van der Waals surface area contributed by atoms with Gasteiger partial charge in [0.1, 0.15) is 0 Å². The average molecular weight is 388 g/mol. The third-order valence-electron chi connectivity index (χ3n) is 5.18. The van der Waals surface area contributed by atoms with Crippen molar-refractivity contribution in [3.8, 4) is 0 Å². The van der Waals surface area contributed by atoms with Crippen LogP contribution in [0.2, 0.25) is 0 Å². The van der Waals surface area contributed by atoms with Gasteiger partial charge in [-0.3, -0.25) is 4.79 Å². The molecule has 0 unspecified atom stereocenters. The molecule has 0 radical (unpaired) electrons. The summed E-state index contributed by atoms with van der Waals surface area (Å²) in [6.45, 7) is 3.86. The third-order valence-corrected chi connectivity index (χ3v) is 6.18. The molecule has 5 rings (SSSR count). The molecular weight excluding hydrogens is 368 g/mol. The number of nitrogens with one attached hydrogen (secondary N) is 1. The molecule has 1 N–H and O–H groups in total. The normalized spacial score (nSPS) is 17.7. The fourth-order valence-electron chi connectivity index (χ4n) is 3.71. The molecule has 0 bridgehead atoms. The van der Waals surface area contributed by atoms with Crippen molar-refractivity contribution in [1.82, 2.24) is 4.98 Å². The van der Waals surface area contributed by atoms with Crippen molar-refractivity contribution in [3.63, 3.8) is 0 Å². The van der Waals surface area contributed by atoms with Crippen LogP contribution in [0.5, 0.6) is 0 Å². The zero-order valence-corrected chi connectivity index (χ0v) is 16.2. The van der Waals surface area contributed by atoms with Crippen LogP contribution in [0.25, 0.3) is 11.6 Å². The van der Waals surface area contributed by atoms with Gasteiger partial charge in [-0.1, -0.05) is 47.7 Å². The molecule has 0 saturated carbocycles. The van der Waals surface area contributed by atoms with Gasteiger partial charge in [0.2, 0.25) is 0 Å². The number of piperazine rings is 1. The Hall–Kier alpha value is -3.12. The number of hydrogen-bond donors (Lipinski definition) is 1. The lowest BCUT2D eigenvalue weighted by Gasteiger charge is -2.35. The maximum Gasteiger partial charge on any atom is 0.256 e. The Morgan fingerprint density at radius 2 is 1.64 bits per heavy atom. The van der Waals surface area contributed by atoms with Crippen molar-refractivity contribution in [2.45, 2.75) is 0 Å². The van der Waals surface area contributed by atoms with E-state index in [0.29, 0.717) is 5.57 Å². The summed E-state index contributed by atoms with van der Waals surface area (Å²) in [6.07, 6.45) is 3.81. The Labute approximate surface area is 167 Å². The minimum atomic E-state index is -0.0485. The highest BCUT2D eigenvalue weighted by atomic mass is 32.1. The first-order chi connectivity index (χ1) is 13.8. The van der Waals surface area contributed by atoms with Gasteiger partial charge in [0, 0.05) is 54.2 Å². The summed E-state index contributed by atoms with van der Waals surface area (Å²) in [5, 5.41) is 3.94. The highest BCUT2D eigenvalue weighted by molar-refractivity contribution is 7.16. The lowest BCUT2D eigenvalue weighted by Crippen LogP contribution is -2.46. The number of carbonyl (C=O) groups excluding carboxylic acids is 1. The molecule has 2 aliphatic rings. The van der Waals surface area contributed by atoms with E-state index in [2.05, 4.69) is 44.4 Å². The van der Waals surface area contributed by atoms with Crippen LogP contribution in [-0.4, -0.2) is 37.1 Å². The number of thiazole rings is 1. The van der Waals surface area contributed by atoms with Crippen LogP contribution in [0, 0.1) is 0 Å². The minimum absolute atomic E-state index is 0.0485. The molecule has 3 aromatic rings. The van der Waals surface area contributed by atoms with Gasteiger partial charge in [-0.25, -0.2) is 4.98 Å². The zero-order chi connectivity index (χ0) is 18.9. The molecule has 5 nitrogen and oxygen atoms in total. The highest BCUT2D eigenvalue weighted by Crippen LogP contribution is 2.34. The van der Waals surface area contributed by atoms with Crippen LogP contribution in [0.3, 0.4) is 0 Å². The fourth-order valence-corrected chi connectivity index (χ4v) is 4.62. The third kappa shape index (κ3) is 3.16. The van der Waals surface area contributed by atoms with E-state index in [1.54, 1.807) is 11.3 Å². The summed E-state index contributed by atoms with van der Waals surface area (Å²) in [5.41, 5.74) is 3.82. The van der Waals surface area contributed by atoms with Crippen molar-refractivity contribution in [3.05, 3.63) is 71.2 Å². The molecule has 1 amide bonds. The molecule has 6 heteroatoms. The molecule has 1 fully saturated rings. The van der Waals surface area contributed by atoms with E-state index < -0.39 is 0 Å². The summed E-state index contributed by atoms with van der Waals surface area (Å²) in [7, 11) is 0. The summed E-state index contributed by atoms with van der Waals surface area (Å²) < 4.78 is 0. The number of carbonyl (C=O) groups is 1. The molecule has 3 heterocycles. The first-order valence-corrected chi connectivity index (χ1v) is 10.2. The number of anilines is 3. The smallest absolute Gasteiger partial charge is 0.256 e. The Morgan fingerprint density at radius 1 is 0.929 bits per heavy atom. The summed E-state index contributed by atoms with van der Waals surface area (Å²) in [5.74, 6) is -0.0485. The van der Waals surface area contributed by atoms with E-state index in [9.17, 15) is 4.79 Å². The molecule has 0 atom stereocenters. The van der Waals surface area contributed by atoms with Gasteiger partial charge < -0.3 is 15.1 Å². The molecule has 140 valence electrons. The number of hydrogen-bond acceptors (Lipinski definition) is 5. The topological polar surface area (TPSA) is 48.5 Å². The number of para-hydroxylation sites is 2. The fraction of sp³-hybridized carbons (Fsp3) is 0.182. The van der Waals surface area contributed by atoms with Crippen LogP contribution >= 0.6 is 11.3 Å². The second kappa shape index (κ2) is 7.13. The quantitative estimate of drug-likeness (QED) is 0.690. The predicted octanol–water partition coefficient (Wildman–Crippen LogP) is 3.96. The lowest BCUT2D eigenvalue weighted by molar-refractivity contribution is -0.110. The molecule has 0 spiro atoms. The maximum absolute atomic E-state index is 12.3. The van der Waals surface area contributed by atoms with Gasteiger partial charge in [-0.05, 0) is 24.3 Å². The van der Waals surface area contributed by atoms with Gasteiger partial charge in [-0.2, -0.15) is 0 Å². The summed E-state index contributed by atoms with van der Waals surface area (Å²) in [6, 6.07) is 18.3.